The summed E-state index contributed by atoms with van der Waals surface area (Å²) in [7, 11) is 4.34. The van der Waals surface area contributed by atoms with Gasteiger partial charge in [-0.25, -0.2) is 0 Å². The molecular formula is C27H34ClNO. The fourth-order valence-corrected chi connectivity index (χ4v) is 4.54. The zero-order chi connectivity index (χ0) is 20.3. The fraction of sp³-hybridized carbons (Fsp3) is 0.407. The first-order valence-electron chi connectivity index (χ1n) is 10.8. The summed E-state index contributed by atoms with van der Waals surface area (Å²) < 4.78 is 6.26. The molecule has 0 bridgehead atoms. The molecule has 0 aromatic heterocycles. The quantitative estimate of drug-likeness (QED) is 0.548. The monoisotopic (exact) mass is 423 g/mol. The first-order valence-corrected chi connectivity index (χ1v) is 10.8. The molecule has 2 aromatic rings. The van der Waals surface area contributed by atoms with Gasteiger partial charge in [-0.15, -0.1) is 12.4 Å². The maximum absolute atomic E-state index is 6.26. The van der Waals surface area contributed by atoms with Gasteiger partial charge in [-0.3, -0.25) is 0 Å². The van der Waals surface area contributed by atoms with Gasteiger partial charge in [-0.2, -0.15) is 0 Å². The van der Waals surface area contributed by atoms with E-state index in [4.69, 9.17) is 4.74 Å². The van der Waals surface area contributed by atoms with Gasteiger partial charge in [0.2, 0.25) is 0 Å². The van der Waals surface area contributed by atoms with Gasteiger partial charge < -0.3 is 9.64 Å². The van der Waals surface area contributed by atoms with Crippen molar-refractivity contribution in [1.29, 1.82) is 0 Å². The third kappa shape index (κ3) is 5.56. The summed E-state index contributed by atoms with van der Waals surface area (Å²) >= 11 is 0. The molecule has 0 fully saturated rings. The van der Waals surface area contributed by atoms with Gasteiger partial charge in [0.15, 0.2) is 0 Å². The summed E-state index contributed by atoms with van der Waals surface area (Å²) in [6.07, 6.45) is 11.6. The van der Waals surface area contributed by atoms with Crippen LogP contribution in [0.4, 0.5) is 0 Å². The topological polar surface area (TPSA) is 12.5 Å². The van der Waals surface area contributed by atoms with Crippen molar-refractivity contribution in [3.63, 3.8) is 0 Å². The Hall–Kier alpha value is -2.03. The molecule has 0 saturated carbocycles. The summed E-state index contributed by atoms with van der Waals surface area (Å²) in [4.78, 5) is 2.31. The van der Waals surface area contributed by atoms with Crippen LogP contribution >= 0.6 is 12.4 Å². The van der Waals surface area contributed by atoms with Crippen molar-refractivity contribution < 1.29 is 4.74 Å². The molecule has 0 N–H and O–H groups in total. The number of aryl methyl sites for hydroxylation is 1. The molecular weight excluding hydrogens is 390 g/mol. The van der Waals surface area contributed by atoms with E-state index in [1.54, 1.807) is 0 Å². The molecule has 2 nitrogen and oxygen atoms in total. The minimum atomic E-state index is 0. The van der Waals surface area contributed by atoms with Crippen LogP contribution in [0, 0.1) is 11.3 Å². The minimum absolute atomic E-state index is 0. The van der Waals surface area contributed by atoms with E-state index in [1.807, 2.05) is 0 Å². The zero-order valence-electron chi connectivity index (χ0n) is 18.4. The van der Waals surface area contributed by atoms with Crippen molar-refractivity contribution in [3.8, 4) is 5.75 Å². The van der Waals surface area contributed by atoms with Crippen molar-refractivity contribution >= 4 is 18.0 Å². The minimum Gasteiger partial charge on any atom is -0.493 e. The second kappa shape index (κ2) is 9.85. The number of nitrogens with zero attached hydrogens (tertiary/aromatic N) is 1. The molecule has 2 aliphatic carbocycles. The molecule has 2 unspecified atom stereocenters. The zero-order valence-corrected chi connectivity index (χ0v) is 19.3. The van der Waals surface area contributed by atoms with Gasteiger partial charge in [-0.1, -0.05) is 61.5 Å². The van der Waals surface area contributed by atoms with Crippen LogP contribution < -0.4 is 4.74 Å². The normalized spacial score (nSPS) is 22.8. The van der Waals surface area contributed by atoms with Gasteiger partial charge >= 0.3 is 0 Å². The summed E-state index contributed by atoms with van der Waals surface area (Å²) in [6.45, 7) is 4.18. The lowest BCUT2D eigenvalue weighted by atomic mass is 9.81. The highest BCUT2D eigenvalue weighted by Gasteiger charge is 2.25. The third-order valence-corrected chi connectivity index (χ3v) is 6.26. The number of halogens is 1. The van der Waals surface area contributed by atoms with Crippen LogP contribution in [0.25, 0.3) is 5.57 Å². The van der Waals surface area contributed by atoms with E-state index in [2.05, 4.69) is 92.7 Å². The molecule has 2 aromatic carbocycles. The number of allylic oxidation sites excluding steroid dienone is 3. The lowest BCUT2D eigenvalue weighted by Gasteiger charge is -2.29. The van der Waals surface area contributed by atoms with Gasteiger partial charge in [0, 0.05) is 12.0 Å². The van der Waals surface area contributed by atoms with Crippen LogP contribution in [-0.2, 0) is 12.8 Å². The van der Waals surface area contributed by atoms with Gasteiger partial charge in [-0.05, 0) is 80.1 Å². The Kier molecular flexibility index (Phi) is 7.44. The van der Waals surface area contributed by atoms with Crippen LogP contribution in [0.3, 0.4) is 0 Å². The molecule has 0 radical (unpaired) electrons. The average molecular weight is 424 g/mol. The number of benzene rings is 2. The third-order valence-electron chi connectivity index (χ3n) is 6.26. The van der Waals surface area contributed by atoms with E-state index in [-0.39, 0.29) is 17.8 Å². The molecule has 0 amide bonds. The summed E-state index contributed by atoms with van der Waals surface area (Å²) in [5.41, 5.74) is 5.63. The maximum Gasteiger partial charge on any atom is 0.119 e. The van der Waals surface area contributed by atoms with Crippen LogP contribution in [-0.4, -0.2) is 32.1 Å². The summed E-state index contributed by atoms with van der Waals surface area (Å²) in [6, 6.07) is 17.3. The first-order chi connectivity index (χ1) is 14.0. The molecule has 0 saturated heterocycles. The SMILES string of the molecule is CN(C)CC1CCc2cc(OCC3(C)C=CC(c4ccccc4)=CC3)ccc2C1.Cl. The van der Waals surface area contributed by atoms with E-state index in [0.29, 0.717) is 6.61 Å². The maximum atomic E-state index is 6.26. The lowest BCUT2D eigenvalue weighted by Crippen LogP contribution is -2.26. The largest absolute Gasteiger partial charge is 0.493 e. The predicted molar refractivity (Wildman–Crippen MR) is 130 cm³/mol. The number of rotatable bonds is 6. The smallest absolute Gasteiger partial charge is 0.119 e. The lowest BCUT2D eigenvalue weighted by molar-refractivity contribution is 0.206. The Morgan fingerprint density at radius 3 is 2.57 bits per heavy atom. The van der Waals surface area contributed by atoms with Crippen molar-refractivity contribution in [2.45, 2.75) is 32.6 Å². The molecule has 3 heteroatoms. The van der Waals surface area contributed by atoms with E-state index < -0.39 is 0 Å². The number of hydrogen-bond acceptors (Lipinski definition) is 2. The van der Waals surface area contributed by atoms with Crippen molar-refractivity contribution in [1.82, 2.24) is 4.90 Å². The highest BCUT2D eigenvalue weighted by atomic mass is 35.5. The average Bonchev–Trinajstić information content (AvgIpc) is 2.73. The first kappa shape index (κ1) is 22.7. The Balaban J connectivity index is 0.00000256. The van der Waals surface area contributed by atoms with E-state index >= 15 is 0 Å². The van der Waals surface area contributed by atoms with Crippen LogP contribution in [0.2, 0.25) is 0 Å². The van der Waals surface area contributed by atoms with E-state index in [1.165, 1.54) is 48.1 Å². The van der Waals surface area contributed by atoms with Crippen LogP contribution in [0.1, 0.15) is 36.5 Å². The molecule has 4 rings (SSSR count). The molecule has 2 atom stereocenters. The molecule has 30 heavy (non-hydrogen) atoms. The Morgan fingerprint density at radius 1 is 1.07 bits per heavy atom. The summed E-state index contributed by atoms with van der Waals surface area (Å²) in [5, 5.41) is 0. The standard InChI is InChI=1S/C27H33NO.ClH/c1-27(15-13-23(14-16-27)22-7-5-4-6-8-22)20-29-26-12-11-24-17-21(19-28(2)3)9-10-25(24)18-26;/h4-8,11-15,18,21H,9-10,16-17,19-20H2,1-3H3;1H. The Bertz CT molecular complexity index is 902. The van der Waals surface area contributed by atoms with Crippen molar-refractivity contribution in [2.24, 2.45) is 11.3 Å². The molecule has 0 heterocycles. The number of fused-ring (bicyclic) bond motifs is 1. The fourth-order valence-electron chi connectivity index (χ4n) is 4.54. The van der Waals surface area contributed by atoms with Crippen molar-refractivity contribution in [2.75, 3.05) is 27.2 Å². The molecule has 2 aliphatic rings. The Labute approximate surface area is 188 Å². The highest BCUT2D eigenvalue weighted by Crippen LogP contribution is 2.34. The number of hydrogen-bond donors (Lipinski definition) is 0. The van der Waals surface area contributed by atoms with E-state index in [9.17, 15) is 0 Å². The van der Waals surface area contributed by atoms with Crippen molar-refractivity contribution in [3.05, 3.63) is 83.4 Å². The molecule has 160 valence electrons. The van der Waals surface area contributed by atoms with Crippen LogP contribution in [0.5, 0.6) is 5.75 Å². The second-order valence-corrected chi connectivity index (χ2v) is 9.31. The predicted octanol–water partition coefficient (Wildman–Crippen LogP) is 6.20. The molecule has 0 spiro atoms. The molecule has 0 aliphatic heterocycles. The van der Waals surface area contributed by atoms with Gasteiger partial charge in [0.05, 0.1) is 6.61 Å². The highest BCUT2D eigenvalue weighted by molar-refractivity contribution is 5.85. The number of ether oxygens (including phenoxy) is 1. The second-order valence-electron chi connectivity index (χ2n) is 9.31. The Morgan fingerprint density at radius 2 is 1.87 bits per heavy atom. The van der Waals surface area contributed by atoms with Gasteiger partial charge in [0.1, 0.15) is 5.75 Å². The van der Waals surface area contributed by atoms with E-state index in [0.717, 1.165) is 18.1 Å². The van der Waals surface area contributed by atoms with Gasteiger partial charge in [0.25, 0.3) is 0 Å². The van der Waals surface area contributed by atoms with Crippen LogP contribution in [0.15, 0.2) is 66.8 Å². The summed E-state index contributed by atoms with van der Waals surface area (Å²) in [5.74, 6) is 1.79.